The molecule has 0 saturated heterocycles. The largest absolute Gasteiger partial charge is 0.416 e. The fourth-order valence-electron chi connectivity index (χ4n) is 1.92. The predicted octanol–water partition coefficient (Wildman–Crippen LogP) is 3.77. The Hall–Kier alpha value is -2.65. The van der Waals surface area contributed by atoms with Crippen LogP contribution in [0, 0.1) is 10.1 Å². The summed E-state index contributed by atoms with van der Waals surface area (Å²) < 4.78 is 42.9. The molecule has 1 aromatic carbocycles. The highest BCUT2D eigenvalue weighted by atomic mass is 19.4. The van der Waals surface area contributed by atoms with Crippen LogP contribution in [0.3, 0.4) is 0 Å². The van der Waals surface area contributed by atoms with Crippen molar-refractivity contribution in [2.45, 2.75) is 32.4 Å². The Kier molecular flexibility index (Phi) is 5.05. The zero-order valence-corrected chi connectivity index (χ0v) is 12.9. The lowest BCUT2D eigenvalue weighted by Crippen LogP contribution is -2.10. The van der Waals surface area contributed by atoms with Crippen LogP contribution in [0.5, 0.6) is 0 Å². The van der Waals surface area contributed by atoms with Gasteiger partial charge < -0.3 is 9.84 Å². The molecule has 2 aromatic rings. The Morgan fingerprint density at radius 3 is 2.62 bits per heavy atom. The molecular weight excluding hydrogens is 329 g/mol. The SMILES string of the molecule is CC(C)c1noc(CCNc2ccc(C(F)(F)F)cc2[N+](=O)[O-])n1. The van der Waals surface area contributed by atoms with Gasteiger partial charge in [-0.2, -0.15) is 18.2 Å². The van der Waals surface area contributed by atoms with Crippen LogP contribution >= 0.6 is 0 Å². The molecule has 0 aliphatic rings. The van der Waals surface area contributed by atoms with Crippen LogP contribution in [-0.2, 0) is 12.6 Å². The summed E-state index contributed by atoms with van der Waals surface area (Å²) in [5.74, 6) is 0.998. The van der Waals surface area contributed by atoms with E-state index in [1.807, 2.05) is 13.8 Å². The lowest BCUT2D eigenvalue weighted by Gasteiger charge is -2.10. The molecule has 0 saturated carbocycles. The van der Waals surface area contributed by atoms with Gasteiger partial charge in [0.15, 0.2) is 5.82 Å². The third-order valence-electron chi connectivity index (χ3n) is 3.18. The molecule has 0 radical (unpaired) electrons. The fraction of sp³-hybridized carbons (Fsp3) is 0.429. The summed E-state index contributed by atoms with van der Waals surface area (Å²) >= 11 is 0. The molecule has 130 valence electrons. The summed E-state index contributed by atoms with van der Waals surface area (Å²) in [5.41, 5.74) is -1.71. The quantitative estimate of drug-likeness (QED) is 0.633. The zero-order valence-electron chi connectivity index (χ0n) is 12.9. The first-order chi connectivity index (χ1) is 11.2. The number of halogens is 3. The predicted molar refractivity (Wildman–Crippen MR) is 78.7 cm³/mol. The molecule has 0 atom stereocenters. The molecule has 1 aromatic heterocycles. The van der Waals surface area contributed by atoms with Crippen molar-refractivity contribution in [3.05, 3.63) is 45.6 Å². The molecule has 10 heteroatoms. The Morgan fingerprint density at radius 1 is 1.38 bits per heavy atom. The number of nitrogens with zero attached hydrogens (tertiary/aromatic N) is 3. The van der Waals surface area contributed by atoms with Crippen molar-refractivity contribution in [3.8, 4) is 0 Å². The van der Waals surface area contributed by atoms with Gasteiger partial charge in [0.1, 0.15) is 5.69 Å². The number of nitro benzene ring substituents is 1. The van der Waals surface area contributed by atoms with Crippen molar-refractivity contribution in [1.29, 1.82) is 0 Å². The average Bonchev–Trinajstić information content (AvgIpc) is 2.95. The number of hydrogen-bond donors (Lipinski definition) is 1. The van der Waals surface area contributed by atoms with Crippen molar-refractivity contribution in [2.24, 2.45) is 0 Å². The van der Waals surface area contributed by atoms with Crippen LogP contribution in [0.2, 0.25) is 0 Å². The van der Waals surface area contributed by atoms with Crippen LogP contribution in [0.1, 0.15) is 37.0 Å². The van der Waals surface area contributed by atoms with Gasteiger partial charge in [0.05, 0.1) is 10.5 Å². The lowest BCUT2D eigenvalue weighted by molar-refractivity contribution is -0.384. The lowest BCUT2D eigenvalue weighted by atomic mass is 10.1. The Morgan fingerprint density at radius 2 is 2.08 bits per heavy atom. The van der Waals surface area contributed by atoms with Gasteiger partial charge in [-0.3, -0.25) is 10.1 Å². The number of anilines is 1. The van der Waals surface area contributed by atoms with E-state index >= 15 is 0 Å². The van der Waals surface area contributed by atoms with Gasteiger partial charge >= 0.3 is 6.18 Å². The molecule has 0 bridgehead atoms. The molecule has 0 spiro atoms. The van der Waals surface area contributed by atoms with E-state index in [0.29, 0.717) is 17.8 Å². The molecule has 0 amide bonds. The minimum Gasteiger partial charge on any atom is -0.379 e. The second-order valence-corrected chi connectivity index (χ2v) is 5.36. The van der Waals surface area contributed by atoms with Crippen molar-refractivity contribution in [1.82, 2.24) is 10.1 Å². The number of benzene rings is 1. The molecule has 7 nitrogen and oxygen atoms in total. The minimum absolute atomic E-state index is 0.00315. The van der Waals surface area contributed by atoms with E-state index in [1.165, 1.54) is 0 Å². The normalized spacial score (nSPS) is 11.8. The van der Waals surface area contributed by atoms with E-state index in [1.54, 1.807) is 0 Å². The zero-order chi connectivity index (χ0) is 17.9. The molecule has 24 heavy (non-hydrogen) atoms. The number of hydrogen-bond acceptors (Lipinski definition) is 6. The highest BCUT2D eigenvalue weighted by Gasteiger charge is 2.33. The maximum Gasteiger partial charge on any atom is 0.416 e. The third-order valence-corrected chi connectivity index (χ3v) is 3.18. The summed E-state index contributed by atoms with van der Waals surface area (Å²) in [6.45, 7) is 4.00. The number of nitro groups is 1. The van der Waals surface area contributed by atoms with Crippen LogP contribution in [-0.4, -0.2) is 21.6 Å². The molecule has 1 N–H and O–H groups in total. The Bertz CT molecular complexity index is 728. The van der Waals surface area contributed by atoms with E-state index in [9.17, 15) is 23.3 Å². The van der Waals surface area contributed by atoms with E-state index in [0.717, 1.165) is 12.1 Å². The molecule has 2 rings (SSSR count). The van der Waals surface area contributed by atoms with Crippen LogP contribution in [0.15, 0.2) is 22.7 Å². The smallest absolute Gasteiger partial charge is 0.379 e. The third kappa shape index (κ3) is 4.21. The van der Waals surface area contributed by atoms with Gasteiger partial charge in [-0.25, -0.2) is 0 Å². The standard InChI is InChI=1S/C14H15F3N4O3/c1-8(2)13-19-12(24-20-13)5-6-18-10-4-3-9(14(15,16)17)7-11(10)21(22)23/h3-4,7-8,18H,5-6H2,1-2H3. The summed E-state index contributed by atoms with van der Waals surface area (Å²) in [6.07, 6.45) is -4.35. The second kappa shape index (κ2) is 6.85. The second-order valence-electron chi connectivity index (χ2n) is 5.36. The maximum absolute atomic E-state index is 12.6. The van der Waals surface area contributed by atoms with Gasteiger partial charge in [-0.05, 0) is 12.1 Å². The van der Waals surface area contributed by atoms with E-state index in [4.69, 9.17) is 4.52 Å². The molecule has 0 fully saturated rings. The van der Waals surface area contributed by atoms with Gasteiger partial charge in [-0.1, -0.05) is 19.0 Å². The van der Waals surface area contributed by atoms with Gasteiger partial charge in [0, 0.05) is 24.9 Å². The molecule has 1 heterocycles. The topological polar surface area (TPSA) is 94.1 Å². The van der Waals surface area contributed by atoms with Crippen LogP contribution in [0.4, 0.5) is 24.5 Å². The summed E-state index contributed by atoms with van der Waals surface area (Å²) in [4.78, 5) is 14.3. The van der Waals surface area contributed by atoms with Crippen LogP contribution < -0.4 is 5.32 Å². The fourth-order valence-corrected chi connectivity index (χ4v) is 1.92. The summed E-state index contributed by atoms with van der Waals surface area (Å²) in [6, 6.07) is 2.33. The summed E-state index contributed by atoms with van der Waals surface area (Å²) in [7, 11) is 0. The molecule has 0 unspecified atom stereocenters. The Balaban J connectivity index is 2.07. The number of nitrogens with one attached hydrogen (secondary N) is 1. The van der Waals surface area contributed by atoms with Gasteiger partial charge in [0.25, 0.3) is 5.69 Å². The first-order valence-corrected chi connectivity index (χ1v) is 7.10. The van der Waals surface area contributed by atoms with E-state index in [2.05, 4.69) is 15.5 Å². The summed E-state index contributed by atoms with van der Waals surface area (Å²) in [5, 5.41) is 17.5. The van der Waals surface area contributed by atoms with E-state index in [-0.39, 0.29) is 24.6 Å². The van der Waals surface area contributed by atoms with Crippen LogP contribution in [0.25, 0.3) is 0 Å². The minimum atomic E-state index is -4.64. The molecule has 0 aliphatic heterocycles. The highest BCUT2D eigenvalue weighted by Crippen LogP contribution is 2.34. The molecular formula is C14H15F3N4O3. The highest BCUT2D eigenvalue weighted by molar-refractivity contribution is 5.62. The first-order valence-electron chi connectivity index (χ1n) is 7.10. The van der Waals surface area contributed by atoms with Crippen molar-refractivity contribution in [3.63, 3.8) is 0 Å². The molecule has 0 aliphatic carbocycles. The van der Waals surface area contributed by atoms with Crippen molar-refractivity contribution >= 4 is 11.4 Å². The maximum atomic E-state index is 12.6. The van der Waals surface area contributed by atoms with Gasteiger partial charge in [0.2, 0.25) is 5.89 Å². The average molecular weight is 344 g/mol. The van der Waals surface area contributed by atoms with Gasteiger partial charge in [-0.15, -0.1) is 0 Å². The monoisotopic (exact) mass is 344 g/mol. The van der Waals surface area contributed by atoms with Crippen molar-refractivity contribution in [2.75, 3.05) is 11.9 Å². The number of aromatic nitrogens is 2. The number of rotatable bonds is 6. The van der Waals surface area contributed by atoms with Crippen molar-refractivity contribution < 1.29 is 22.6 Å². The number of alkyl halides is 3. The Labute approximate surface area is 135 Å². The first kappa shape index (κ1) is 17.7. The van der Waals surface area contributed by atoms with E-state index < -0.39 is 22.4 Å².